The molecule has 0 radical (unpaired) electrons. The van der Waals surface area contributed by atoms with E-state index in [4.69, 9.17) is 0 Å². The van der Waals surface area contributed by atoms with Crippen LogP contribution in [0, 0.1) is 0 Å². The summed E-state index contributed by atoms with van der Waals surface area (Å²) in [5, 5.41) is 0. The number of fused-ring (bicyclic) bond motifs is 1. The van der Waals surface area contributed by atoms with Crippen LogP contribution < -0.4 is 4.40 Å². The molecule has 0 saturated carbocycles. The maximum Gasteiger partial charge on any atom is 0.345 e. The van der Waals surface area contributed by atoms with Gasteiger partial charge in [0.1, 0.15) is 6.20 Å². The molecule has 3 heteroatoms. The SMILES string of the molecule is O=C(c1ccccc1)n1cc2cccc[n+]2c1. The molecule has 0 bridgehead atoms. The van der Waals surface area contributed by atoms with Crippen molar-refractivity contribution in [1.29, 1.82) is 0 Å². The van der Waals surface area contributed by atoms with Gasteiger partial charge in [0.2, 0.25) is 0 Å². The van der Waals surface area contributed by atoms with E-state index in [-0.39, 0.29) is 5.91 Å². The van der Waals surface area contributed by atoms with Crippen molar-refractivity contribution < 1.29 is 9.20 Å². The van der Waals surface area contributed by atoms with Crippen LogP contribution in [0.4, 0.5) is 0 Å². The first-order valence-corrected chi connectivity index (χ1v) is 5.42. The lowest BCUT2D eigenvalue weighted by atomic mass is 10.2. The lowest BCUT2D eigenvalue weighted by Crippen LogP contribution is -2.18. The van der Waals surface area contributed by atoms with E-state index in [2.05, 4.69) is 0 Å². The molecule has 0 aliphatic carbocycles. The van der Waals surface area contributed by atoms with Crippen molar-refractivity contribution in [2.24, 2.45) is 0 Å². The Morgan fingerprint density at radius 2 is 1.76 bits per heavy atom. The van der Waals surface area contributed by atoms with Gasteiger partial charge in [-0.25, -0.2) is 9.20 Å². The van der Waals surface area contributed by atoms with Crippen LogP contribution in [0.3, 0.4) is 0 Å². The van der Waals surface area contributed by atoms with Crippen LogP contribution in [-0.2, 0) is 0 Å². The lowest BCUT2D eigenvalue weighted by molar-refractivity contribution is -0.511. The molecule has 0 saturated heterocycles. The fourth-order valence-corrected chi connectivity index (χ4v) is 1.83. The third kappa shape index (κ3) is 1.72. The molecule has 3 aromatic rings. The van der Waals surface area contributed by atoms with E-state index in [0.717, 1.165) is 5.52 Å². The second-order valence-corrected chi connectivity index (χ2v) is 3.86. The predicted octanol–water partition coefficient (Wildman–Crippen LogP) is 1.92. The van der Waals surface area contributed by atoms with Gasteiger partial charge >= 0.3 is 5.91 Å². The van der Waals surface area contributed by atoms with Crippen molar-refractivity contribution >= 4 is 11.4 Å². The molecule has 0 fully saturated rings. The molecule has 3 rings (SSSR count). The zero-order valence-electron chi connectivity index (χ0n) is 9.15. The highest BCUT2D eigenvalue weighted by Crippen LogP contribution is 2.04. The second kappa shape index (κ2) is 3.87. The minimum Gasteiger partial charge on any atom is -0.240 e. The van der Waals surface area contributed by atoms with Crippen LogP contribution >= 0.6 is 0 Å². The molecule has 0 atom stereocenters. The van der Waals surface area contributed by atoms with E-state index in [1.165, 1.54) is 0 Å². The number of hydrogen-bond donors (Lipinski definition) is 0. The van der Waals surface area contributed by atoms with Gasteiger partial charge in [0.05, 0.1) is 11.8 Å². The van der Waals surface area contributed by atoms with Crippen LogP contribution in [0.1, 0.15) is 10.4 Å². The second-order valence-electron chi connectivity index (χ2n) is 3.86. The van der Waals surface area contributed by atoms with E-state index in [9.17, 15) is 4.79 Å². The molecule has 17 heavy (non-hydrogen) atoms. The van der Waals surface area contributed by atoms with Gasteiger partial charge in [-0.05, 0) is 24.3 Å². The quantitative estimate of drug-likeness (QED) is 0.579. The number of imidazole rings is 1. The summed E-state index contributed by atoms with van der Waals surface area (Å²) in [7, 11) is 0. The van der Waals surface area contributed by atoms with Gasteiger partial charge in [-0.15, -0.1) is 0 Å². The third-order valence-corrected chi connectivity index (χ3v) is 2.70. The molecule has 0 aliphatic rings. The molecular formula is C14H11N2O+. The average molecular weight is 223 g/mol. The topological polar surface area (TPSA) is 26.1 Å². The van der Waals surface area contributed by atoms with Crippen LogP contribution in [0.5, 0.6) is 0 Å². The molecule has 3 nitrogen and oxygen atoms in total. The first kappa shape index (κ1) is 9.78. The predicted molar refractivity (Wildman–Crippen MR) is 63.8 cm³/mol. The van der Waals surface area contributed by atoms with Gasteiger partial charge in [-0.1, -0.05) is 24.3 Å². The molecule has 2 aromatic heterocycles. The Hall–Kier alpha value is -2.42. The number of carbonyl (C=O) groups excluding carboxylic acids is 1. The van der Waals surface area contributed by atoms with Crippen molar-refractivity contribution in [3.8, 4) is 0 Å². The van der Waals surface area contributed by atoms with Crippen LogP contribution in [0.25, 0.3) is 5.52 Å². The first-order valence-electron chi connectivity index (χ1n) is 5.42. The van der Waals surface area contributed by atoms with E-state index in [1.54, 1.807) is 10.9 Å². The van der Waals surface area contributed by atoms with Gasteiger partial charge in [-0.2, -0.15) is 4.57 Å². The summed E-state index contributed by atoms with van der Waals surface area (Å²) in [5.74, 6) is -0.0192. The monoisotopic (exact) mass is 223 g/mol. The summed E-state index contributed by atoms with van der Waals surface area (Å²) >= 11 is 0. The molecule has 1 aromatic carbocycles. The zero-order chi connectivity index (χ0) is 11.7. The van der Waals surface area contributed by atoms with E-state index in [1.807, 2.05) is 65.3 Å². The number of rotatable bonds is 1. The molecule has 0 spiro atoms. The standard InChI is InChI=1S/C14H11N2O/c17-14(12-6-2-1-3-7-12)16-10-13-8-4-5-9-15(13)11-16/h1-11H/q+1. The Labute approximate surface area is 98.6 Å². The van der Waals surface area contributed by atoms with Crippen molar-refractivity contribution in [2.75, 3.05) is 0 Å². The fourth-order valence-electron chi connectivity index (χ4n) is 1.83. The highest BCUT2D eigenvalue weighted by Gasteiger charge is 2.15. The summed E-state index contributed by atoms with van der Waals surface area (Å²) in [6.45, 7) is 0. The summed E-state index contributed by atoms with van der Waals surface area (Å²) in [5.41, 5.74) is 1.69. The minimum absolute atomic E-state index is 0.0192. The molecule has 2 heterocycles. The number of nitrogens with zero attached hydrogens (tertiary/aromatic N) is 2. The maximum atomic E-state index is 12.2. The average Bonchev–Trinajstić information content (AvgIpc) is 2.82. The van der Waals surface area contributed by atoms with Gasteiger partial charge in [0, 0.05) is 0 Å². The van der Waals surface area contributed by atoms with Gasteiger partial charge < -0.3 is 0 Å². The number of aromatic nitrogens is 2. The summed E-state index contributed by atoms with van der Waals surface area (Å²) in [4.78, 5) is 12.2. The molecule has 82 valence electrons. The van der Waals surface area contributed by atoms with E-state index in [0.29, 0.717) is 5.56 Å². The smallest absolute Gasteiger partial charge is 0.240 e. The minimum atomic E-state index is -0.0192. The van der Waals surface area contributed by atoms with Crippen LogP contribution in [0.15, 0.2) is 67.3 Å². The zero-order valence-corrected chi connectivity index (χ0v) is 9.15. The largest absolute Gasteiger partial charge is 0.345 e. The molecule has 0 unspecified atom stereocenters. The van der Waals surface area contributed by atoms with Crippen molar-refractivity contribution in [2.45, 2.75) is 0 Å². The van der Waals surface area contributed by atoms with Gasteiger partial charge in [0.25, 0.3) is 6.33 Å². The number of pyridine rings is 1. The Kier molecular flexibility index (Phi) is 2.22. The molecule has 0 N–H and O–H groups in total. The Balaban J connectivity index is 2.07. The summed E-state index contributed by atoms with van der Waals surface area (Å²) < 4.78 is 3.52. The Bertz CT molecular complexity index is 638. The molecule has 0 amide bonds. The molecule has 0 aliphatic heterocycles. The summed E-state index contributed by atoms with van der Waals surface area (Å²) in [6, 6.07) is 15.1. The number of benzene rings is 1. The van der Waals surface area contributed by atoms with Crippen molar-refractivity contribution in [3.05, 3.63) is 72.8 Å². The van der Waals surface area contributed by atoms with Gasteiger partial charge in [0.15, 0.2) is 5.52 Å². The Morgan fingerprint density at radius 3 is 2.53 bits per heavy atom. The summed E-state index contributed by atoms with van der Waals surface area (Å²) in [6.07, 6.45) is 5.53. The van der Waals surface area contributed by atoms with Crippen LogP contribution in [-0.4, -0.2) is 10.5 Å². The normalized spacial score (nSPS) is 10.6. The van der Waals surface area contributed by atoms with Gasteiger partial charge in [-0.3, -0.25) is 0 Å². The number of carbonyl (C=O) groups is 1. The fraction of sp³-hybridized carbons (Fsp3) is 0. The molecular weight excluding hydrogens is 212 g/mol. The highest BCUT2D eigenvalue weighted by molar-refractivity contribution is 5.95. The van der Waals surface area contributed by atoms with Crippen molar-refractivity contribution in [1.82, 2.24) is 4.57 Å². The third-order valence-electron chi connectivity index (χ3n) is 2.70. The van der Waals surface area contributed by atoms with Crippen LogP contribution in [0.2, 0.25) is 0 Å². The highest BCUT2D eigenvalue weighted by atomic mass is 16.2. The lowest BCUT2D eigenvalue weighted by Gasteiger charge is -1.93. The van der Waals surface area contributed by atoms with E-state index >= 15 is 0 Å². The number of hydrogen-bond acceptors (Lipinski definition) is 1. The van der Waals surface area contributed by atoms with E-state index < -0.39 is 0 Å². The Morgan fingerprint density at radius 1 is 1.00 bits per heavy atom. The maximum absolute atomic E-state index is 12.2. The first-order chi connectivity index (χ1) is 8.34. The van der Waals surface area contributed by atoms with Crippen molar-refractivity contribution in [3.63, 3.8) is 0 Å².